The minimum Gasteiger partial charge on any atom is -0.493 e. The fourth-order valence-electron chi connectivity index (χ4n) is 2.69. The van der Waals surface area contributed by atoms with E-state index in [1.807, 2.05) is 43.3 Å². The van der Waals surface area contributed by atoms with Crippen LogP contribution in [0.4, 0.5) is 0 Å². The predicted octanol–water partition coefficient (Wildman–Crippen LogP) is 1.09. The highest BCUT2D eigenvalue weighted by Gasteiger charge is 2.08. The van der Waals surface area contributed by atoms with Gasteiger partial charge in [-0.05, 0) is 23.8 Å². The summed E-state index contributed by atoms with van der Waals surface area (Å²) in [5.41, 5.74) is 1.96. The lowest BCUT2D eigenvalue weighted by molar-refractivity contribution is -0.121. The van der Waals surface area contributed by atoms with Crippen LogP contribution in [0.2, 0.25) is 0 Å². The highest BCUT2D eigenvalue weighted by Crippen LogP contribution is 2.26. The number of benzene rings is 2. The van der Waals surface area contributed by atoms with Gasteiger partial charge in [0.25, 0.3) is 5.56 Å². The van der Waals surface area contributed by atoms with Crippen molar-refractivity contribution in [3.05, 3.63) is 68.5 Å². The van der Waals surface area contributed by atoms with Gasteiger partial charge in [0.1, 0.15) is 11.4 Å². The van der Waals surface area contributed by atoms with Crippen LogP contribution in [0.15, 0.2) is 51.1 Å². The summed E-state index contributed by atoms with van der Waals surface area (Å²) in [4.78, 5) is 36.6. The van der Waals surface area contributed by atoms with Crippen LogP contribution in [0.25, 0.3) is 10.8 Å². The molecule has 0 aliphatic carbocycles. The monoisotopic (exact) mass is 381 g/mol. The molecule has 0 atom stereocenters. The lowest BCUT2D eigenvalue weighted by atomic mass is 10.0. The normalized spacial score (nSPS) is 11.0. The van der Waals surface area contributed by atoms with Crippen LogP contribution in [-0.2, 0) is 11.2 Å². The van der Waals surface area contributed by atoms with Gasteiger partial charge in [-0.25, -0.2) is 15.3 Å². The predicted molar refractivity (Wildman–Crippen MR) is 105 cm³/mol. The standard InChI is InChI=1S/C19H19N5O4/c1-2-28-16-9-7-12-5-3-4-6-13(12)14(16)11-20-23-17(25)10-8-15-18(26)21-19(27)24-22-15/h3-7,9,11H,2,8,10H2,1H3,(H,23,25)(H2,21,24,26,27)/b20-11-. The summed E-state index contributed by atoms with van der Waals surface area (Å²) < 4.78 is 5.65. The number of nitrogens with zero attached hydrogens (tertiary/aromatic N) is 2. The largest absolute Gasteiger partial charge is 0.493 e. The van der Waals surface area contributed by atoms with Gasteiger partial charge in [-0.1, -0.05) is 30.3 Å². The zero-order valence-electron chi connectivity index (χ0n) is 15.2. The molecule has 9 heteroatoms. The number of hydrogen-bond acceptors (Lipinski definition) is 6. The number of nitrogens with one attached hydrogen (secondary N) is 3. The van der Waals surface area contributed by atoms with Crippen LogP contribution in [0.5, 0.6) is 5.75 Å². The SMILES string of the molecule is CCOc1ccc2ccccc2c1/C=N\NC(=O)CCc1n[nH]c(=O)[nH]c1=O. The Labute approximate surface area is 159 Å². The van der Waals surface area contributed by atoms with E-state index in [1.165, 1.54) is 6.21 Å². The van der Waals surface area contributed by atoms with Gasteiger partial charge < -0.3 is 4.74 Å². The molecule has 0 unspecified atom stereocenters. The number of aromatic amines is 2. The third-order valence-electron chi connectivity index (χ3n) is 3.98. The summed E-state index contributed by atoms with van der Waals surface area (Å²) in [5, 5.41) is 11.8. The average Bonchev–Trinajstić information content (AvgIpc) is 2.69. The molecule has 9 nitrogen and oxygen atoms in total. The Balaban J connectivity index is 1.70. The van der Waals surface area contributed by atoms with E-state index < -0.39 is 11.2 Å². The van der Waals surface area contributed by atoms with E-state index in [4.69, 9.17) is 4.74 Å². The first kappa shape index (κ1) is 19.0. The number of hydrazone groups is 1. The molecule has 0 aliphatic heterocycles. The second-order valence-electron chi connectivity index (χ2n) is 5.88. The summed E-state index contributed by atoms with van der Waals surface area (Å²) in [6, 6.07) is 11.6. The molecule has 144 valence electrons. The van der Waals surface area contributed by atoms with Gasteiger partial charge in [-0.2, -0.15) is 10.2 Å². The summed E-state index contributed by atoms with van der Waals surface area (Å²) in [5.74, 6) is 0.282. The van der Waals surface area contributed by atoms with Gasteiger partial charge in [0.05, 0.1) is 12.8 Å². The van der Waals surface area contributed by atoms with Crippen molar-refractivity contribution in [2.24, 2.45) is 5.10 Å². The van der Waals surface area contributed by atoms with Crippen LogP contribution in [0.3, 0.4) is 0 Å². The van der Waals surface area contributed by atoms with Gasteiger partial charge >= 0.3 is 5.69 Å². The van der Waals surface area contributed by atoms with Gasteiger partial charge in [0.15, 0.2) is 0 Å². The van der Waals surface area contributed by atoms with Crippen LogP contribution >= 0.6 is 0 Å². The number of amides is 1. The molecule has 0 spiro atoms. The molecule has 0 aliphatic rings. The molecule has 0 bridgehead atoms. The van der Waals surface area contributed by atoms with Crippen molar-refractivity contribution < 1.29 is 9.53 Å². The number of rotatable bonds is 7. The first-order valence-electron chi connectivity index (χ1n) is 8.73. The van der Waals surface area contributed by atoms with Crippen LogP contribution in [0.1, 0.15) is 24.6 Å². The van der Waals surface area contributed by atoms with Crippen molar-refractivity contribution in [1.29, 1.82) is 0 Å². The molecule has 0 fully saturated rings. The molecular formula is C19H19N5O4. The number of ether oxygens (including phenoxy) is 1. The third kappa shape index (κ3) is 4.50. The van der Waals surface area contributed by atoms with E-state index in [1.54, 1.807) is 0 Å². The number of H-pyrrole nitrogens is 2. The van der Waals surface area contributed by atoms with Gasteiger partial charge in [0.2, 0.25) is 5.91 Å². The highest BCUT2D eigenvalue weighted by atomic mass is 16.5. The molecule has 1 aromatic heterocycles. The minimum absolute atomic E-state index is 0.00663. The van der Waals surface area contributed by atoms with Gasteiger partial charge in [0, 0.05) is 18.4 Å². The number of fused-ring (bicyclic) bond motifs is 1. The second kappa shape index (κ2) is 8.76. The van der Waals surface area contributed by atoms with Crippen molar-refractivity contribution in [2.75, 3.05) is 6.61 Å². The minimum atomic E-state index is -0.692. The Kier molecular flexibility index (Phi) is 5.95. The topological polar surface area (TPSA) is 129 Å². The average molecular weight is 381 g/mol. The lowest BCUT2D eigenvalue weighted by Crippen LogP contribution is -2.28. The fourth-order valence-corrected chi connectivity index (χ4v) is 2.69. The summed E-state index contributed by atoms with van der Waals surface area (Å²) in [7, 11) is 0. The number of aryl methyl sites for hydroxylation is 1. The van der Waals surface area contributed by atoms with E-state index in [0.29, 0.717) is 12.4 Å². The highest BCUT2D eigenvalue weighted by molar-refractivity contribution is 6.02. The quantitative estimate of drug-likeness (QED) is 0.417. The molecule has 2 aromatic carbocycles. The molecule has 0 saturated heterocycles. The number of carbonyl (C=O) groups excluding carboxylic acids is 1. The Bertz CT molecular complexity index is 1130. The zero-order chi connectivity index (χ0) is 19.9. The maximum Gasteiger partial charge on any atom is 0.342 e. The van der Waals surface area contributed by atoms with E-state index in [9.17, 15) is 14.4 Å². The summed E-state index contributed by atoms with van der Waals surface area (Å²) in [6.45, 7) is 2.40. The summed E-state index contributed by atoms with van der Waals surface area (Å²) in [6.07, 6.45) is 1.61. The molecule has 1 amide bonds. The third-order valence-corrected chi connectivity index (χ3v) is 3.98. The van der Waals surface area contributed by atoms with E-state index in [0.717, 1.165) is 16.3 Å². The first-order chi connectivity index (χ1) is 13.6. The summed E-state index contributed by atoms with van der Waals surface area (Å²) >= 11 is 0. The maximum absolute atomic E-state index is 12.0. The Hall–Kier alpha value is -3.75. The van der Waals surface area contributed by atoms with E-state index >= 15 is 0 Å². The Morgan fingerprint density at radius 1 is 1.25 bits per heavy atom. The smallest absolute Gasteiger partial charge is 0.342 e. The molecule has 0 radical (unpaired) electrons. The van der Waals surface area contributed by atoms with Crippen molar-refractivity contribution >= 4 is 22.9 Å². The van der Waals surface area contributed by atoms with Crippen molar-refractivity contribution in [3.8, 4) is 5.75 Å². The Morgan fingerprint density at radius 2 is 2.07 bits per heavy atom. The molecule has 3 N–H and O–H groups in total. The fraction of sp³-hybridized carbons (Fsp3) is 0.211. The van der Waals surface area contributed by atoms with Crippen molar-refractivity contribution in [2.45, 2.75) is 19.8 Å². The van der Waals surface area contributed by atoms with Crippen molar-refractivity contribution in [3.63, 3.8) is 0 Å². The lowest BCUT2D eigenvalue weighted by Gasteiger charge is -2.10. The molecule has 28 heavy (non-hydrogen) atoms. The molecule has 1 heterocycles. The Morgan fingerprint density at radius 3 is 2.86 bits per heavy atom. The van der Waals surface area contributed by atoms with Gasteiger partial charge in [-0.3, -0.25) is 14.6 Å². The van der Waals surface area contributed by atoms with E-state index in [-0.39, 0.29) is 24.4 Å². The molecular weight excluding hydrogens is 362 g/mol. The second-order valence-corrected chi connectivity index (χ2v) is 5.88. The van der Waals surface area contributed by atoms with Crippen LogP contribution < -0.4 is 21.4 Å². The van der Waals surface area contributed by atoms with Crippen molar-refractivity contribution in [1.82, 2.24) is 20.6 Å². The number of hydrogen-bond donors (Lipinski definition) is 3. The number of aromatic nitrogens is 3. The van der Waals surface area contributed by atoms with Crippen LogP contribution in [0, 0.1) is 0 Å². The maximum atomic E-state index is 12.0. The number of carbonyl (C=O) groups is 1. The molecule has 3 rings (SSSR count). The first-order valence-corrected chi connectivity index (χ1v) is 8.73. The van der Waals surface area contributed by atoms with E-state index in [2.05, 4.69) is 25.7 Å². The zero-order valence-corrected chi connectivity index (χ0v) is 15.2. The molecule has 3 aromatic rings. The van der Waals surface area contributed by atoms with Crippen LogP contribution in [-0.4, -0.2) is 33.9 Å². The molecule has 0 saturated carbocycles. The van der Waals surface area contributed by atoms with Gasteiger partial charge in [-0.15, -0.1) is 0 Å².